The van der Waals surface area contributed by atoms with Gasteiger partial charge in [0, 0.05) is 25.7 Å². The van der Waals surface area contributed by atoms with Gasteiger partial charge in [-0.05, 0) is 36.8 Å². The molecule has 0 radical (unpaired) electrons. The Morgan fingerprint density at radius 1 is 1.16 bits per heavy atom. The molecule has 0 spiro atoms. The first kappa shape index (κ1) is 14.6. The second kappa shape index (κ2) is 6.60. The molecule has 1 aromatic carbocycles. The van der Waals surface area contributed by atoms with Gasteiger partial charge in [-0.25, -0.2) is 0 Å². The Morgan fingerprint density at radius 3 is 2.68 bits per heavy atom. The highest BCUT2D eigenvalue weighted by molar-refractivity contribution is 5.85. The number of hydrogen-bond donors (Lipinski definition) is 1. The number of fused-ring (bicyclic) bond motifs is 1. The van der Waals surface area contributed by atoms with Gasteiger partial charge in [0.2, 0.25) is 0 Å². The minimum absolute atomic E-state index is 0. The van der Waals surface area contributed by atoms with E-state index in [1.165, 1.54) is 25.9 Å². The van der Waals surface area contributed by atoms with Crippen LogP contribution >= 0.6 is 12.4 Å². The Hall–Kier alpha value is -0.770. The summed E-state index contributed by atoms with van der Waals surface area (Å²) in [4.78, 5) is 2.51. The molecule has 0 bridgehead atoms. The predicted octanol–water partition coefficient (Wildman–Crippen LogP) is 2.16. The van der Waals surface area contributed by atoms with E-state index < -0.39 is 0 Å². The van der Waals surface area contributed by atoms with Crippen LogP contribution in [0.25, 0.3) is 0 Å². The van der Waals surface area contributed by atoms with Crippen LogP contribution < -0.4 is 10.5 Å². The summed E-state index contributed by atoms with van der Waals surface area (Å²) in [5, 5.41) is 0. The van der Waals surface area contributed by atoms with E-state index in [1.807, 2.05) is 30.3 Å². The molecule has 3 nitrogen and oxygen atoms in total. The average Bonchev–Trinajstić information content (AvgIpc) is 2.94. The Bertz CT molecular complexity index is 387. The summed E-state index contributed by atoms with van der Waals surface area (Å²) in [7, 11) is 0. The van der Waals surface area contributed by atoms with E-state index in [4.69, 9.17) is 10.5 Å². The largest absolute Gasteiger partial charge is 0.492 e. The number of benzene rings is 1. The van der Waals surface area contributed by atoms with Crippen LogP contribution in [0.1, 0.15) is 12.8 Å². The molecule has 0 amide bonds. The van der Waals surface area contributed by atoms with Gasteiger partial charge >= 0.3 is 0 Å². The lowest BCUT2D eigenvalue weighted by molar-refractivity contribution is 0.225. The quantitative estimate of drug-likeness (QED) is 0.920. The molecule has 0 aromatic heterocycles. The summed E-state index contributed by atoms with van der Waals surface area (Å²) in [6.07, 6.45) is 2.55. The van der Waals surface area contributed by atoms with Crippen molar-refractivity contribution in [3.05, 3.63) is 30.3 Å². The number of ether oxygens (including phenoxy) is 1. The van der Waals surface area contributed by atoms with Gasteiger partial charge in [0.25, 0.3) is 0 Å². The highest BCUT2D eigenvalue weighted by Gasteiger charge is 2.40. The lowest BCUT2D eigenvalue weighted by Crippen LogP contribution is -2.32. The molecular formula is C15H23ClN2O. The van der Waals surface area contributed by atoms with Gasteiger partial charge in [-0.3, -0.25) is 4.90 Å². The van der Waals surface area contributed by atoms with Gasteiger partial charge in [0.05, 0.1) is 0 Å². The minimum Gasteiger partial charge on any atom is -0.492 e. The Morgan fingerprint density at radius 2 is 1.95 bits per heavy atom. The summed E-state index contributed by atoms with van der Waals surface area (Å²) in [6, 6.07) is 10.5. The van der Waals surface area contributed by atoms with Crippen LogP contribution in [0.3, 0.4) is 0 Å². The summed E-state index contributed by atoms with van der Waals surface area (Å²) >= 11 is 0. The average molecular weight is 283 g/mol. The maximum atomic E-state index is 6.14. The van der Waals surface area contributed by atoms with Crippen molar-refractivity contribution in [2.45, 2.75) is 18.9 Å². The molecule has 19 heavy (non-hydrogen) atoms. The Kier molecular flexibility index (Phi) is 5.08. The van der Waals surface area contributed by atoms with Gasteiger partial charge in [-0.15, -0.1) is 12.4 Å². The van der Waals surface area contributed by atoms with Crippen LogP contribution in [0.15, 0.2) is 30.3 Å². The van der Waals surface area contributed by atoms with E-state index in [1.54, 1.807) is 0 Å². The highest BCUT2D eigenvalue weighted by atomic mass is 35.5. The molecule has 3 atom stereocenters. The van der Waals surface area contributed by atoms with E-state index in [9.17, 15) is 0 Å². The molecule has 2 N–H and O–H groups in total. The van der Waals surface area contributed by atoms with Gasteiger partial charge in [0.15, 0.2) is 0 Å². The summed E-state index contributed by atoms with van der Waals surface area (Å²) in [5.74, 6) is 2.55. The molecule has 1 aliphatic carbocycles. The molecule has 1 aromatic rings. The molecule has 1 heterocycles. The van der Waals surface area contributed by atoms with E-state index in [2.05, 4.69) is 4.90 Å². The Balaban J connectivity index is 0.00000133. The highest BCUT2D eigenvalue weighted by Crippen LogP contribution is 2.36. The number of likely N-dealkylation sites (tertiary alicyclic amines) is 1. The molecule has 1 saturated heterocycles. The molecule has 3 unspecified atom stereocenters. The smallest absolute Gasteiger partial charge is 0.119 e. The number of nitrogens with two attached hydrogens (primary N) is 1. The second-order valence-corrected chi connectivity index (χ2v) is 5.59. The molecular weight excluding hydrogens is 260 g/mol. The van der Waals surface area contributed by atoms with Crippen molar-refractivity contribution in [1.82, 2.24) is 4.90 Å². The lowest BCUT2D eigenvalue weighted by Gasteiger charge is -2.18. The summed E-state index contributed by atoms with van der Waals surface area (Å²) in [5.41, 5.74) is 6.14. The summed E-state index contributed by atoms with van der Waals surface area (Å²) < 4.78 is 5.74. The van der Waals surface area contributed by atoms with Crippen LogP contribution in [0, 0.1) is 11.8 Å². The normalized spacial score (nSPS) is 29.8. The fourth-order valence-corrected chi connectivity index (χ4v) is 3.39. The molecule has 2 aliphatic rings. The number of halogens is 1. The van der Waals surface area contributed by atoms with Gasteiger partial charge in [-0.1, -0.05) is 18.2 Å². The molecule has 3 rings (SSSR count). The Labute approximate surface area is 121 Å². The van der Waals surface area contributed by atoms with E-state index >= 15 is 0 Å². The first-order valence-corrected chi connectivity index (χ1v) is 6.99. The maximum Gasteiger partial charge on any atom is 0.119 e. The topological polar surface area (TPSA) is 38.5 Å². The van der Waals surface area contributed by atoms with Crippen LogP contribution in [0.4, 0.5) is 0 Å². The van der Waals surface area contributed by atoms with Crippen LogP contribution in [0.5, 0.6) is 5.75 Å². The molecule has 1 saturated carbocycles. The SMILES string of the molecule is Cl.NC1CCC2CN(CCOc3ccccc3)CC12. The third-order valence-electron chi connectivity index (χ3n) is 4.41. The number of para-hydroxylation sites is 1. The van der Waals surface area contributed by atoms with Crippen molar-refractivity contribution >= 4 is 12.4 Å². The molecule has 106 valence electrons. The molecule has 4 heteroatoms. The zero-order chi connectivity index (χ0) is 12.4. The van der Waals surface area contributed by atoms with Crippen LogP contribution in [-0.2, 0) is 0 Å². The predicted molar refractivity (Wildman–Crippen MR) is 79.8 cm³/mol. The summed E-state index contributed by atoms with van der Waals surface area (Å²) in [6.45, 7) is 4.19. The number of nitrogens with zero attached hydrogens (tertiary/aromatic N) is 1. The van der Waals surface area contributed by atoms with Crippen molar-refractivity contribution in [1.29, 1.82) is 0 Å². The van der Waals surface area contributed by atoms with Gasteiger partial charge in [-0.2, -0.15) is 0 Å². The monoisotopic (exact) mass is 282 g/mol. The van der Waals surface area contributed by atoms with Crippen LogP contribution in [-0.4, -0.2) is 37.2 Å². The second-order valence-electron chi connectivity index (χ2n) is 5.59. The third kappa shape index (κ3) is 3.41. The third-order valence-corrected chi connectivity index (χ3v) is 4.41. The molecule has 2 fully saturated rings. The van der Waals surface area contributed by atoms with Crippen molar-refractivity contribution in [3.8, 4) is 5.75 Å². The first-order valence-electron chi connectivity index (χ1n) is 6.99. The van der Waals surface area contributed by atoms with Crippen LogP contribution in [0.2, 0.25) is 0 Å². The first-order chi connectivity index (χ1) is 8.83. The van der Waals surface area contributed by atoms with E-state index in [0.29, 0.717) is 6.04 Å². The minimum atomic E-state index is 0. The maximum absolute atomic E-state index is 6.14. The zero-order valence-corrected chi connectivity index (χ0v) is 12.0. The molecule has 1 aliphatic heterocycles. The number of hydrogen-bond acceptors (Lipinski definition) is 3. The van der Waals surface area contributed by atoms with Gasteiger partial charge in [0.1, 0.15) is 12.4 Å². The van der Waals surface area contributed by atoms with Crippen molar-refractivity contribution < 1.29 is 4.74 Å². The number of rotatable bonds is 4. The van der Waals surface area contributed by atoms with Crippen molar-refractivity contribution in [2.75, 3.05) is 26.2 Å². The van der Waals surface area contributed by atoms with Crippen molar-refractivity contribution in [3.63, 3.8) is 0 Å². The standard InChI is InChI=1S/C15H22N2O.ClH/c16-15-7-6-12-10-17(11-14(12)15)8-9-18-13-4-2-1-3-5-13;/h1-5,12,14-15H,6-11,16H2;1H. The lowest BCUT2D eigenvalue weighted by atomic mass is 9.98. The van der Waals surface area contributed by atoms with E-state index in [-0.39, 0.29) is 12.4 Å². The van der Waals surface area contributed by atoms with Crippen molar-refractivity contribution in [2.24, 2.45) is 17.6 Å². The van der Waals surface area contributed by atoms with E-state index in [0.717, 1.165) is 30.7 Å². The van der Waals surface area contributed by atoms with Gasteiger partial charge < -0.3 is 10.5 Å². The fourth-order valence-electron chi connectivity index (χ4n) is 3.39. The zero-order valence-electron chi connectivity index (χ0n) is 11.2. The fraction of sp³-hybridized carbons (Fsp3) is 0.600.